The number of hydrogen-bond donors (Lipinski definition) is 1. The van der Waals surface area contributed by atoms with Gasteiger partial charge < -0.3 is 5.32 Å². The van der Waals surface area contributed by atoms with Crippen molar-refractivity contribution in [2.75, 3.05) is 5.32 Å². The van der Waals surface area contributed by atoms with Crippen LogP contribution < -0.4 is 5.32 Å². The largest absolute Gasteiger partial charge is 0.306 e. The number of pyridine rings is 1. The Hall–Kier alpha value is -1.68. The van der Waals surface area contributed by atoms with E-state index in [-0.39, 0.29) is 5.91 Å². The van der Waals surface area contributed by atoms with Gasteiger partial charge in [-0.2, -0.15) is 0 Å². The molecule has 18 heavy (non-hydrogen) atoms. The third kappa shape index (κ3) is 2.96. The summed E-state index contributed by atoms with van der Waals surface area (Å²) in [5, 5.41) is 2.77. The van der Waals surface area contributed by atoms with Gasteiger partial charge in [-0.15, -0.1) is 0 Å². The average Bonchev–Trinajstić information content (AvgIpc) is 2.41. The summed E-state index contributed by atoms with van der Waals surface area (Å²) < 4.78 is 0.767. The number of nitrogens with zero attached hydrogens (tertiary/aromatic N) is 1. The van der Waals surface area contributed by atoms with Crippen molar-refractivity contribution in [3.05, 3.63) is 58.2 Å². The highest BCUT2D eigenvalue weighted by atomic mass is 79.9. The van der Waals surface area contributed by atoms with E-state index in [4.69, 9.17) is 0 Å². The van der Waals surface area contributed by atoms with Gasteiger partial charge in [0.15, 0.2) is 0 Å². The maximum Gasteiger partial charge on any atom is 0.256 e. The summed E-state index contributed by atoms with van der Waals surface area (Å²) in [5.41, 5.74) is 1.84. The van der Waals surface area contributed by atoms with E-state index < -0.39 is 0 Å². The number of aromatic nitrogens is 1. The first kappa shape index (κ1) is 12.8. The van der Waals surface area contributed by atoms with Gasteiger partial charge in [0.2, 0.25) is 0 Å². The summed E-state index contributed by atoms with van der Waals surface area (Å²) in [4.78, 5) is 16.1. The van der Waals surface area contributed by atoms with E-state index in [2.05, 4.69) is 33.2 Å². The Bertz CT molecular complexity index is 552. The number of carbonyl (C=O) groups excluding carboxylic acids is 1. The minimum atomic E-state index is -0.156. The lowest BCUT2D eigenvalue weighted by Gasteiger charge is -2.06. The van der Waals surface area contributed by atoms with Gasteiger partial charge in [0.25, 0.3) is 5.91 Å². The Labute approximate surface area is 114 Å². The molecule has 1 amide bonds. The first-order valence-electron chi connectivity index (χ1n) is 5.71. The number of hydrogen-bond acceptors (Lipinski definition) is 2. The molecular weight excluding hydrogens is 292 g/mol. The number of carbonyl (C=O) groups is 1. The number of rotatable bonds is 3. The number of amides is 1. The summed E-state index contributed by atoms with van der Waals surface area (Å²) in [6.45, 7) is 2.08. The molecule has 2 rings (SSSR count). The molecule has 0 aliphatic carbocycles. The van der Waals surface area contributed by atoms with E-state index >= 15 is 0 Å². The van der Waals surface area contributed by atoms with Crippen molar-refractivity contribution in [1.29, 1.82) is 0 Å². The number of halogens is 1. The third-order valence-corrected chi connectivity index (χ3v) is 3.25. The smallest absolute Gasteiger partial charge is 0.256 e. The summed E-state index contributed by atoms with van der Waals surface area (Å²) in [7, 11) is 0. The molecule has 92 valence electrons. The number of nitrogens with one attached hydrogen (secondary N) is 1. The van der Waals surface area contributed by atoms with Crippen molar-refractivity contribution in [3.63, 3.8) is 0 Å². The summed E-state index contributed by atoms with van der Waals surface area (Å²) in [6.07, 6.45) is 2.61. The van der Waals surface area contributed by atoms with Crippen LogP contribution in [0.5, 0.6) is 0 Å². The highest BCUT2D eigenvalue weighted by molar-refractivity contribution is 9.10. The molecule has 0 aliphatic rings. The highest BCUT2D eigenvalue weighted by Crippen LogP contribution is 2.19. The summed E-state index contributed by atoms with van der Waals surface area (Å²) in [6, 6.07) is 11.2. The Balaban J connectivity index is 2.14. The molecule has 0 radical (unpaired) electrons. The molecule has 0 atom stereocenters. The molecule has 0 aliphatic heterocycles. The Morgan fingerprint density at radius 1 is 1.28 bits per heavy atom. The number of anilines is 1. The Morgan fingerprint density at radius 3 is 2.61 bits per heavy atom. The fourth-order valence-electron chi connectivity index (χ4n) is 1.55. The van der Waals surface area contributed by atoms with Gasteiger partial charge >= 0.3 is 0 Å². The fourth-order valence-corrected chi connectivity index (χ4v) is 1.90. The molecule has 0 unspecified atom stereocenters. The van der Waals surface area contributed by atoms with Crippen LogP contribution in [-0.4, -0.2) is 10.9 Å². The number of benzene rings is 1. The van der Waals surface area contributed by atoms with Crippen LogP contribution in [0.25, 0.3) is 0 Å². The van der Waals surface area contributed by atoms with Crippen LogP contribution in [0.15, 0.2) is 47.1 Å². The van der Waals surface area contributed by atoms with E-state index in [0.29, 0.717) is 11.4 Å². The van der Waals surface area contributed by atoms with Crippen LogP contribution in [0.3, 0.4) is 0 Å². The molecule has 0 saturated heterocycles. The van der Waals surface area contributed by atoms with Crippen LogP contribution in [0.4, 0.5) is 5.82 Å². The monoisotopic (exact) mass is 304 g/mol. The van der Waals surface area contributed by atoms with Gasteiger partial charge in [0.1, 0.15) is 5.82 Å². The minimum Gasteiger partial charge on any atom is -0.306 e. The maximum absolute atomic E-state index is 12.0. The molecule has 0 bridgehead atoms. The molecule has 1 aromatic carbocycles. The molecule has 0 spiro atoms. The van der Waals surface area contributed by atoms with Gasteiger partial charge in [-0.25, -0.2) is 4.98 Å². The topological polar surface area (TPSA) is 42.0 Å². The number of aryl methyl sites for hydroxylation is 1. The van der Waals surface area contributed by atoms with Gasteiger partial charge in [-0.3, -0.25) is 4.79 Å². The second-order valence-corrected chi connectivity index (χ2v) is 4.69. The van der Waals surface area contributed by atoms with Crippen LogP contribution in [0, 0.1) is 0 Å². The normalized spacial score (nSPS) is 10.1. The molecule has 2 aromatic rings. The van der Waals surface area contributed by atoms with E-state index in [1.165, 1.54) is 5.56 Å². The lowest BCUT2D eigenvalue weighted by Crippen LogP contribution is -2.13. The van der Waals surface area contributed by atoms with E-state index in [1.54, 1.807) is 12.3 Å². The molecule has 1 heterocycles. The Kier molecular flexibility index (Phi) is 4.10. The van der Waals surface area contributed by atoms with Crippen molar-refractivity contribution in [2.45, 2.75) is 13.3 Å². The van der Waals surface area contributed by atoms with Crippen molar-refractivity contribution >= 4 is 27.7 Å². The van der Waals surface area contributed by atoms with Crippen molar-refractivity contribution in [1.82, 2.24) is 4.98 Å². The zero-order chi connectivity index (χ0) is 13.0. The second kappa shape index (κ2) is 5.78. The van der Waals surface area contributed by atoms with Gasteiger partial charge in [-0.05, 0) is 52.2 Å². The summed E-state index contributed by atoms with van der Waals surface area (Å²) in [5.74, 6) is 0.374. The predicted octanol–water partition coefficient (Wildman–Crippen LogP) is 3.66. The zero-order valence-corrected chi connectivity index (χ0v) is 11.6. The maximum atomic E-state index is 12.0. The second-order valence-electron chi connectivity index (χ2n) is 3.84. The van der Waals surface area contributed by atoms with Gasteiger partial charge in [0, 0.05) is 11.8 Å². The van der Waals surface area contributed by atoms with Crippen molar-refractivity contribution in [3.8, 4) is 0 Å². The molecule has 0 saturated carbocycles. The van der Waals surface area contributed by atoms with Crippen LogP contribution in [-0.2, 0) is 6.42 Å². The van der Waals surface area contributed by atoms with Gasteiger partial charge in [-0.1, -0.05) is 19.1 Å². The average molecular weight is 305 g/mol. The van der Waals surface area contributed by atoms with E-state index in [9.17, 15) is 4.79 Å². The van der Waals surface area contributed by atoms with Crippen LogP contribution >= 0.6 is 15.9 Å². The van der Waals surface area contributed by atoms with Crippen LogP contribution in [0.2, 0.25) is 0 Å². The molecule has 3 nitrogen and oxygen atoms in total. The van der Waals surface area contributed by atoms with Crippen LogP contribution in [0.1, 0.15) is 22.8 Å². The van der Waals surface area contributed by atoms with E-state index in [1.807, 2.05) is 30.3 Å². The minimum absolute atomic E-state index is 0.156. The molecule has 1 aromatic heterocycles. The quantitative estimate of drug-likeness (QED) is 0.940. The Morgan fingerprint density at radius 2 is 2.00 bits per heavy atom. The van der Waals surface area contributed by atoms with Gasteiger partial charge in [0.05, 0.1) is 4.47 Å². The van der Waals surface area contributed by atoms with Crippen molar-refractivity contribution in [2.24, 2.45) is 0 Å². The third-order valence-electron chi connectivity index (χ3n) is 2.61. The summed E-state index contributed by atoms with van der Waals surface area (Å²) >= 11 is 3.34. The first-order valence-corrected chi connectivity index (χ1v) is 6.51. The molecule has 1 N–H and O–H groups in total. The zero-order valence-electron chi connectivity index (χ0n) is 9.98. The van der Waals surface area contributed by atoms with E-state index in [0.717, 1.165) is 10.9 Å². The lowest BCUT2D eigenvalue weighted by molar-refractivity contribution is 0.102. The highest BCUT2D eigenvalue weighted by Gasteiger charge is 2.08. The lowest BCUT2D eigenvalue weighted by atomic mass is 10.1. The van der Waals surface area contributed by atoms with Crippen molar-refractivity contribution < 1.29 is 4.79 Å². The molecule has 4 heteroatoms. The first-order chi connectivity index (χ1) is 8.70. The SMILES string of the molecule is CCc1ccc(C(=O)Nc2ncccc2Br)cc1. The fraction of sp³-hybridized carbons (Fsp3) is 0.143. The molecular formula is C14H13BrN2O. The molecule has 0 fully saturated rings. The predicted molar refractivity (Wildman–Crippen MR) is 75.7 cm³/mol. The standard InChI is InChI=1S/C14H13BrN2O/c1-2-10-5-7-11(8-6-10)14(18)17-13-12(15)4-3-9-16-13/h3-9H,2H2,1H3,(H,16,17,18).